The summed E-state index contributed by atoms with van der Waals surface area (Å²) in [6.07, 6.45) is 2.40. The molecule has 1 N–H and O–H groups in total. The van der Waals surface area contributed by atoms with Crippen molar-refractivity contribution in [1.82, 2.24) is 5.16 Å². The van der Waals surface area contributed by atoms with Crippen molar-refractivity contribution >= 4 is 0 Å². The zero-order valence-electron chi connectivity index (χ0n) is 4.09. The van der Waals surface area contributed by atoms with Crippen LogP contribution in [0.2, 0.25) is 0 Å². The van der Waals surface area contributed by atoms with Crippen LogP contribution in [0.3, 0.4) is 0 Å². The predicted octanol–water partition coefficient (Wildman–Crippen LogP) is -0.0329. The second kappa shape index (κ2) is 4.14. The van der Waals surface area contributed by atoms with Gasteiger partial charge in [0.1, 0.15) is 0 Å². The van der Waals surface area contributed by atoms with Crippen LogP contribution < -0.4 is 0 Å². The van der Waals surface area contributed by atoms with E-state index in [0.717, 1.165) is 0 Å². The molecule has 1 rings (SSSR count). The Morgan fingerprint density at radius 3 is 2.88 bits per heavy atom. The summed E-state index contributed by atoms with van der Waals surface area (Å²) >= 11 is 0. The zero-order valence-corrected chi connectivity index (χ0v) is 8.25. The van der Waals surface area contributed by atoms with Gasteiger partial charge in [0.05, 0.1) is 0 Å². The van der Waals surface area contributed by atoms with E-state index in [4.69, 9.17) is 5.11 Å². The molecule has 0 radical (unpaired) electrons. The molecule has 0 atom stereocenters. The third-order valence-electron chi connectivity index (χ3n) is 0.597. The standard InChI is InChI=1S/C4H4NO2.U/c6-3-4-1-2-5-7-4;/h1,6H,3H2;/q-1;. The molecule has 0 spiro atoms. The van der Waals surface area contributed by atoms with Crippen LogP contribution >= 0.6 is 0 Å². The maximum absolute atomic E-state index is 8.27. The maximum Gasteiger partial charge on any atom is 0.0366 e. The van der Waals surface area contributed by atoms with Crippen LogP contribution in [0.4, 0.5) is 0 Å². The van der Waals surface area contributed by atoms with Gasteiger partial charge in [0.2, 0.25) is 0 Å². The second-order valence-corrected chi connectivity index (χ2v) is 1.08. The Morgan fingerprint density at radius 2 is 2.62 bits per heavy atom. The van der Waals surface area contributed by atoms with Gasteiger partial charge in [-0.2, -0.15) is 6.07 Å². The van der Waals surface area contributed by atoms with E-state index in [-0.39, 0.29) is 37.7 Å². The van der Waals surface area contributed by atoms with E-state index in [2.05, 4.69) is 15.9 Å². The van der Waals surface area contributed by atoms with Crippen molar-refractivity contribution in [3.8, 4) is 0 Å². The Labute approximate surface area is 70.4 Å². The van der Waals surface area contributed by atoms with E-state index in [9.17, 15) is 0 Å². The van der Waals surface area contributed by atoms with Gasteiger partial charge in [0.15, 0.2) is 0 Å². The minimum atomic E-state index is -0.101. The van der Waals surface area contributed by atoms with E-state index in [1.54, 1.807) is 0 Å². The number of nitrogens with zero attached hydrogens (tertiary/aromatic N) is 1. The summed E-state index contributed by atoms with van der Waals surface area (Å²) in [5.41, 5.74) is 0. The van der Waals surface area contributed by atoms with Gasteiger partial charge in [0.25, 0.3) is 0 Å². The molecule has 3 nitrogen and oxygen atoms in total. The van der Waals surface area contributed by atoms with Crippen molar-refractivity contribution in [2.45, 2.75) is 6.61 Å². The normalized spacial score (nSPS) is 8.12. The Bertz CT molecular complexity index is 129. The fourth-order valence-corrected chi connectivity index (χ4v) is 0.284. The Hall–Kier alpha value is 0.222. The first-order valence-electron chi connectivity index (χ1n) is 1.86. The van der Waals surface area contributed by atoms with Crippen molar-refractivity contribution in [2.75, 3.05) is 0 Å². The van der Waals surface area contributed by atoms with Gasteiger partial charge in [-0.3, -0.25) is 0 Å². The number of hydrogen-bond acceptors (Lipinski definition) is 3. The molecule has 0 bridgehead atoms. The third kappa shape index (κ3) is 2.00. The van der Waals surface area contributed by atoms with Gasteiger partial charge in [-0.1, -0.05) is 0 Å². The van der Waals surface area contributed by atoms with Crippen LogP contribution in [0, 0.1) is 37.3 Å². The Balaban J connectivity index is 0.000000490. The smallest absolute Gasteiger partial charge is 0.0366 e. The summed E-state index contributed by atoms with van der Waals surface area (Å²) in [5.74, 6) is 0.444. The first-order chi connectivity index (χ1) is 3.43. The molecule has 0 fully saturated rings. The van der Waals surface area contributed by atoms with E-state index in [0.29, 0.717) is 5.76 Å². The van der Waals surface area contributed by atoms with Crippen LogP contribution in [-0.4, -0.2) is 10.3 Å². The van der Waals surface area contributed by atoms with Crippen LogP contribution in [0.1, 0.15) is 5.76 Å². The molecule has 1 heterocycles. The largest absolute Gasteiger partial charge is 0.468 e. The second-order valence-electron chi connectivity index (χ2n) is 1.08. The first kappa shape index (κ1) is 8.22. The molecule has 0 unspecified atom stereocenters. The SMILES string of the molecule is OCc1c[c-]no1.[U]. The number of rotatable bonds is 1. The Kier molecular flexibility index (Phi) is 4.25. The number of aliphatic hydroxyl groups is 1. The van der Waals surface area contributed by atoms with E-state index >= 15 is 0 Å². The van der Waals surface area contributed by atoms with Crippen LogP contribution in [0.5, 0.6) is 0 Å². The van der Waals surface area contributed by atoms with Gasteiger partial charge in [-0.05, 0) is 0 Å². The summed E-state index contributed by atoms with van der Waals surface area (Å²) in [5, 5.41) is 11.5. The summed E-state index contributed by atoms with van der Waals surface area (Å²) in [6, 6.07) is 1.49. The van der Waals surface area contributed by atoms with Crippen LogP contribution in [0.15, 0.2) is 10.6 Å². The summed E-state index contributed by atoms with van der Waals surface area (Å²) in [6.45, 7) is -0.101. The van der Waals surface area contributed by atoms with E-state index in [1.807, 2.05) is 0 Å². The van der Waals surface area contributed by atoms with Gasteiger partial charge in [-0.15, -0.1) is 6.20 Å². The van der Waals surface area contributed by atoms with Crippen molar-refractivity contribution in [2.24, 2.45) is 0 Å². The van der Waals surface area contributed by atoms with Crippen molar-refractivity contribution in [3.63, 3.8) is 0 Å². The monoisotopic (exact) mass is 336 g/mol. The quantitative estimate of drug-likeness (QED) is 0.733. The number of hydrogen-bond donors (Lipinski definition) is 1. The molecular formula is C4H4NO2U-. The van der Waals surface area contributed by atoms with E-state index in [1.165, 1.54) is 6.07 Å². The fraction of sp³-hybridized carbons (Fsp3) is 0.250. The molecule has 4 heteroatoms. The van der Waals surface area contributed by atoms with E-state index < -0.39 is 0 Å². The fourth-order valence-electron chi connectivity index (χ4n) is 0.284. The van der Waals surface area contributed by atoms with Crippen LogP contribution in [0.25, 0.3) is 0 Å². The van der Waals surface area contributed by atoms with Gasteiger partial charge in [-0.25, -0.2) is 5.16 Å². The van der Waals surface area contributed by atoms with Gasteiger partial charge in [0, 0.05) is 43.5 Å². The average molecular weight is 336 g/mol. The Morgan fingerprint density at radius 1 is 1.88 bits per heavy atom. The van der Waals surface area contributed by atoms with Gasteiger partial charge < -0.3 is 9.63 Å². The van der Waals surface area contributed by atoms with Crippen LogP contribution in [-0.2, 0) is 6.61 Å². The summed E-state index contributed by atoms with van der Waals surface area (Å²) in [7, 11) is 0. The maximum atomic E-state index is 8.27. The summed E-state index contributed by atoms with van der Waals surface area (Å²) < 4.78 is 4.43. The van der Waals surface area contributed by atoms with Gasteiger partial charge >= 0.3 is 0 Å². The third-order valence-corrected chi connectivity index (χ3v) is 0.597. The molecule has 0 aromatic carbocycles. The molecule has 0 aliphatic heterocycles. The number of aliphatic hydroxyl groups excluding tert-OH is 1. The molecular weight excluding hydrogens is 332 g/mol. The molecule has 1 aromatic rings. The van der Waals surface area contributed by atoms with Crippen molar-refractivity contribution < 1.29 is 40.7 Å². The zero-order chi connectivity index (χ0) is 5.11. The molecule has 0 aliphatic rings. The van der Waals surface area contributed by atoms with Crippen molar-refractivity contribution in [1.29, 1.82) is 0 Å². The topological polar surface area (TPSA) is 46.3 Å². The molecule has 0 amide bonds. The molecule has 1 aromatic heterocycles. The van der Waals surface area contributed by atoms with Crippen molar-refractivity contribution in [3.05, 3.63) is 18.0 Å². The predicted molar refractivity (Wildman–Crippen MR) is 21.3 cm³/mol. The molecule has 0 saturated carbocycles. The molecule has 0 aliphatic carbocycles. The average Bonchev–Trinajstić information content (AvgIpc) is 2.14. The summed E-state index contributed by atoms with van der Waals surface area (Å²) in [4.78, 5) is 0. The minimum Gasteiger partial charge on any atom is -0.468 e. The molecule has 42 valence electrons. The molecule has 8 heavy (non-hydrogen) atoms. The number of aromatic nitrogens is 1. The first-order valence-corrected chi connectivity index (χ1v) is 1.86. The minimum absolute atomic E-state index is 0. The molecule has 0 saturated heterocycles.